The number of methoxy groups -OCH3 is 1. The quantitative estimate of drug-likeness (QED) is 0.579. The van der Waals surface area contributed by atoms with E-state index in [4.69, 9.17) is 4.74 Å². The minimum atomic E-state index is -3.66. The van der Waals surface area contributed by atoms with E-state index >= 15 is 0 Å². The van der Waals surface area contributed by atoms with E-state index in [1.165, 1.54) is 22.9 Å². The molecular weight excluding hydrogens is 504 g/mol. The van der Waals surface area contributed by atoms with Gasteiger partial charge in [-0.05, 0) is 49.2 Å². The van der Waals surface area contributed by atoms with Gasteiger partial charge in [-0.15, -0.1) is 0 Å². The maximum Gasteiger partial charge on any atom is 0.243 e. The summed E-state index contributed by atoms with van der Waals surface area (Å²) in [5.74, 6) is 0.251. The first-order valence-electron chi connectivity index (χ1n) is 13.5. The maximum absolute atomic E-state index is 13.3. The number of amides is 2. The highest BCUT2D eigenvalue weighted by Gasteiger charge is 2.38. The third kappa shape index (κ3) is 5.51. The highest BCUT2D eigenvalue weighted by Crippen LogP contribution is 2.31. The maximum atomic E-state index is 13.3. The molecule has 0 bridgehead atoms. The summed E-state index contributed by atoms with van der Waals surface area (Å²) in [7, 11) is -2.03. The molecule has 9 nitrogen and oxygen atoms in total. The number of carbonyl (C=O) groups excluding carboxylic acids is 2. The first-order chi connectivity index (χ1) is 18.4. The van der Waals surface area contributed by atoms with Crippen molar-refractivity contribution in [2.24, 2.45) is 5.92 Å². The molecule has 1 atom stereocenters. The van der Waals surface area contributed by atoms with E-state index in [-0.39, 0.29) is 35.1 Å². The third-order valence-electron chi connectivity index (χ3n) is 7.97. The fourth-order valence-corrected chi connectivity index (χ4v) is 7.24. The van der Waals surface area contributed by atoms with Gasteiger partial charge in [-0.3, -0.25) is 9.59 Å². The number of hydrogen-bond acceptors (Lipinski definition) is 6. The van der Waals surface area contributed by atoms with Crippen molar-refractivity contribution in [3.8, 4) is 5.75 Å². The highest BCUT2D eigenvalue weighted by molar-refractivity contribution is 7.89. The van der Waals surface area contributed by atoms with Crippen LogP contribution in [0.4, 0.5) is 11.4 Å². The van der Waals surface area contributed by atoms with E-state index in [1.54, 1.807) is 19.2 Å². The number of nitrogens with one attached hydrogen (secondary N) is 1. The Kier molecular flexibility index (Phi) is 7.90. The molecule has 2 heterocycles. The second-order valence-corrected chi connectivity index (χ2v) is 12.3. The topological polar surface area (TPSA) is 99.3 Å². The van der Waals surface area contributed by atoms with E-state index in [2.05, 4.69) is 10.2 Å². The van der Waals surface area contributed by atoms with Crippen LogP contribution >= 0.6 is 0 Å². The Morgan fingerprint density at radius 3 is 2.32 bits per heavy atom. The van der Waals surface area contributed by atoms with Crippen LogP contribution < -0.4 is 15.0 Å². The van der Waals surface area contributed by atoms with Crippen LogP contribution in [0.15, 0.2) is 53.4 Å². The van der Waals surface area contributed by atoms with E-state index in [0.717, 1.165) is 37.1 Å². The Bertz CT molecular complexity index is 1250. The first-order valence-corrected chi connectivity index (χ1v) is 14.9. The van der Waals surface area contributed by atoms with Gasteiger partial charge in [-0.25, -0.2) is 8.42 Å². The van der Waals surface area contributed by atoms with E-state index in [0.29, 0.717) is 38.4 Å². The molecule has 1 N–H and O–H groups in total. The van der Waals surface area contributed by atoms with Crippen molar-refractivity contribution < 1.29 is 22.7 Å². The van der Waals surface area contributed by atoms with Gasteiger partial charge >= 0.3 is 0 Å². The number of piperazine rings is 1. The zero-order valence-electron chi connectivity index (χ0n) is 21.8. The number of ether oxygens (including phenoxy) is 1. The Labute approximate surface area is 224 Å². The summed E-state index contributed by atoms with van der Waals surface area (Å²) in [6.07, 6.45) is 5.76. The van der Waals surface area contributed by atoms with Gasteiger partial charge in [-0.1, -0.05) is 31.4 Å². The van der Waals surface area contributed by atoms with E-state index in [1.807, 2.05) is 29.2 Å². The summed E-state index contributed by atoms with van der Waals surface area (Å²) in [4.78, 5) is 29.6. The molecule has 204 valence electrons. The smallest absolute Gasteiger partial charge is 0.243 e. The molecule has 2 aliphatic heterocycles. The van der Waals surface area contributed by atoms with Crippen LogP contribution in [0.3, 0.4) is 0 Å². The van der Waals surface area contributed by atoms with Crippen LogP contribution in [0.1, 0.15) is 38.5 Å². The molecule has 0 aromatic heterocycles. The highest BCUT2D eigenvalue weighted by atomic mass is 32.2. The normalized spacial score (nSPS) is 21.5. The molecule has 5 rings (SSSR count). The minimum Gasteiger partial charge on any atom is -0.495 e. The Balaban J connectivity index is 1.17. The number of rotatable bonds is 7. The summed E-state index contributed by atoms with van der Waals surface area (Å²) in [6, 6.07) is 14.3. The number of anilines is 2. The Morgan fingerprint density at radius 1 is 0.947 bits per heavy atom. The first kappa shape index (κ1) is 26.5. The molecule has 10 heteroatoms. The van der Waals surface area contributed by atoms with E-state index < -0.39 is 10.0 Å². The van der Waals surface area contributed by atoms with Crippen molar-refractivity contribution in [2.75, 3.05) is 50.1 Å². The number of likely N-dealkylation sites (tertiary alicyclic amines) is 1. The van der Waals surface area contributed by atoms with Crippen molar-refractivity contribution in [3.05, 3.63) is 48.5 Å². The van der Waals surface area contributed by atoms with Crippen molar-refractivity contribution >= 4 is 33.2 Å². The molecule has 3 aliphatic rings. The molecule has 0 spiro atoms. The van der Waals surface area contributed by atoms with Crippen LogP contribution in [0, 0.1) is 5.92 Å². The molecule has 1 unspecified atom stereocenters. The lowest BCUT2D eigenvalue weighted by Gasteiger charge is -2.35. The number of para-hydroxylation sites is 2. The van der Waals surface area contributed by atoms with Crippen molar-refractivity contribution in [1.82, 2.24) is 9.21 Å². The summed E-state index contributed by atoms with van der Waals surface area (Å²) in [5.41, 5.74) is 1.48. The van der Waals surface area contributed by atoms with Crippen LogP contribution in [0.25, 0.3) is 0 Å². The van der Waals surface area contributed by atoms with Gasteiger partial charge in [-0.2, -0.15) is 4.31 Å². The van der Waals surface area contributed by atoms with Crippen LogP contribution in [-0.4, -0.2) is 75.3 Å². The number of benzene rings is 2. The zero-order chi connectivity index (χ0) is 26.7. The molecule has 2 aromatic carbocycles. The third-order valence-corrected chi connectivity index (χ3v) is 9.88. The summed E-state index contributed by atoms with van der Waals surface area (Å²) in [6.45, 7) is 2.32. The fraction of sp³-hybridized carbons (Fsp3) is 0.500. The number of hydrogen-bond donors (Lipinski definition) is 1. The van der Waals surface area contributed by atoms with Gasteiger partial charge in [0.2, 0.25) is 21.8 Å². The molecule has 1 aliphatic carbocycles. The standard InChI is InChI=1S/C28H36N4O5S/c1-37-26-10-6-5-9-25(26)30-15-17-31(18-16-30)38(35,36)24-13-11-22(12-14-24)29-28(34)21-19-27(33)32(20-21)23-7-3-2-4-8-23/h5-6,9-14,21,23H,2-4,7-8,15-20H2,1H3,(H,29,34). The predicted octanol–water partition coefficient (Wildman–Crippen LogP) is 3.33. The largest absolute Gasteiger partial charge is 0.495 e. The average Bonchev–Trinajstić information content (AvgIpc) is 3.35. The summed E-state index contributed by atoms with van der Waals surface area (Å²) in [5, 5.41) is 2.88. The van der Waals surface area contributed by atoms with E-state index in [9.17, 15) is 18.0 Å². The summed E-state index contributed by atoms with van der Waals surface area (Å²) >= 11 is 0. The van der Waals surface area contributed by atoms with Gasteiger partial charge < -0.3 is 19.9 Å². The number of sulfonamides is 1. The monoisotopic (exact) mass is 540 g/mol. The number of carbonyl (C=O) groups is 2. The van der Waals surface area contributed by atoms with Crippen LogP contribution in [-0.2, 0) is 19.6 Å². The molecule has 2 amide bonds. The van der Waals surface area contributed by atoms with Crippen LogP contribution in [0.2, 0.25) is 0 Å². The fourth-order valence-electron chi connectivity index (χ4n) is 5.82. The SMILES string of the molecule is COc1ccccc1N1CCN(S(=O)(=O)c2ccc(NC(=O)C3CC(=O)N(C4CCCCC4)C3)cc2)CC1. The zero-order valence-corrected chi connectivity index (χ0v) is 22.7. The Morgan fingerprint density at radius 2 is 1.63 bits per heavy atom. The van der Waals surface area contributed by atoms with Crippen molar-refractivity contribution in [3.63, 3.8) is 0 Å². The lowest BCUT2D eigenvalue weighted by molar-refractivity contribution is -0.130. The second kappa shape index (κ2) is 11.3. The summed E-state index contributed by atoms with van der Waals surface area (Å²) < 4.78 is 33.5. The lowest BCUT2D eigenvalue weighted by atomic mass is 9.94. The van der Waals surface area contributed by atoms with Crippen molar-refractivity contribution in [1.29, 1.82) is 0 Å². The average molecular weight is 541 g/mol. The van der Waals surface area contributed by atoms with Gasteiger partial charge in [0.1, 0.15) is 5.75 Å². The second-order valence-electron chi connectivity index (χ2n) is 10.3. The predicted molar refractivity (Wildman–Crippen MR) is 146 cm³/mol. The van der Waals surface area contributed by atoms with Crippen molar-refractivity contribution in [2.45, 2.75) is 49.5 Å². The minimum absolute atomic E-state index is 0.0595. The molecule has 2 saturated heterocycles. The van der Waals surface area contributed by atoms with Gasteiger partial charge in [0, 0.05) is 50.9 Å². The molecule has 38 heavy (non-hydrogen) atoms. The molecule has 1 saturated carbocycles. The molecule has 2 aromatic rings. The molecule has 0 radical (unpaired) electrons. The van der Waals surface area contributed by atoms with Crippen LogP contribution in [0.5, 0.6) is 5.75 Å². The Hall–Kier alpha value is -3.11. The van der Waals surface area contributed by atoms with Gasteiger partial charge in [0.05, 0.1) is 23.6 Å². The lowest BCUT2D eigenvalue weighted by Crippen LogP contribution is -2.48. The molecular formula is C28H36N4O5S. The molecule has 3 fully saturated rings. The van der Waals surface area contributed by atoms with Gasteiger partial charge in [0.25, 0.3) is 0 Å². The number of nitrogens with zero attached hydrogens (tertiary/aromatic N) is 3. The van der Waals surface area contributed by atoms with Gasteiger partial charge in [0.15, 0.2) is 0 Å².